The Kier molecular flexibility index (Phi) is 4.61. The normalized spacial score (nSPS) is 10.9. The van der Waals surface area contributed by atoms with Gasteiger partial charge in [-0.05, 0) is 42.3 Å². The third-order valence-electron chi connectivity index (χ3n) is 4.34. The summed E-state index contributed by atoms with van der Waals surface area (Å²) in [6.07, 6.45) is 5.60. The van der Waals surface area contributed by atoms with Crippen molar-refractivity contribution in [2.24, 2.45) is 0 Å². The summed E-state index contributed by atoms with van der Waals surface area (Å²) in [6.45, 7) is 2.36. The number of nitrogens with one attached hydrogen (secondary N) is 1. The highest BCUT2D eigenvalue weighted by atomic mass is 16.1. The molecule has 4 rings (SSSR count). The number of carbonyl (C=O) groups is 1. The predicted octanol–water partition coefficient (Wildman–Crippen LogP) is 2.98. The second kappa shape index (κ2) is 7.37. The third-order valence-corrected chi connectivity index (χ3v) is 4.34. The first-order valence-electron chi connectivity index (χ1n) is 8.75. The molecule has 6 heteroatoms. The number of rotatable bonds is 5. The molecule has 3 heterocycles. The zero-order chi connectivity index (χ0) is 18.6. The van der Waals surface area contributed by atoms with E-state index < -0.39 is 0 Å². The zero-order valence-corrected chi connectivity index (χ0v) is 15.0. The van der Waals surface area contributed by atoms with E-state index in [1.54, 1.807) is 18.7 Å². The summed E-state index contributed by atoms with van der Waals surface area (Å²) < 4.78 is 1.95. The molecule has 1 aromatic carbocycles. The van der Waals surface area contributed by atoms with E-state index in [9.17, 15) is 4.79 Å². The van der Waals surface area contributed by atoms with Crippen LogP contribution in [0.4, 0.5) is 0 Å². The van der Waals surface area contributed by atoms with Crippen LogP contribution in [0.5, 0.6) is 0 Å². The number of pyridine rings is 2. The van der Waals surface area contributed by atoms with Crippen LogP contribution in [0.15, 0.2) is 67.3 Å². The van der Waals surface area contributed by atoms with Crippen molar-refractivity contribution in [2.75, 3.05) is 0 Å². The van der Waals surface area contributed by atoms with Crippen molar-refractivity contribution >= 4 is 16.9 Å². The van der Waals surface area contributed by atoms with E-state index in [4.69, 9.17) is 0 Å². The zero-order valence-electron chi connectivity index (χ0n) is 15.0. The SMILES string of the molecule is Cc1ccc(CC(=O)NCc2ccc(-n3cnc4ccccc43)nc2)cn1. The largest absolute Gasteiger partial charge is 0.352 e. The Morgan fingerprint density at radius 3 is 2.56 bits per heavy atom. The van der Waals surface area contributed by atoms with Gasteiger partial charge in [0.2, 0.25) is 5.91 Å². The van der Waals surface area contributed by atoms with E-state index in [2.05, 4.69) is 20.3 Å². The second-order valence-electron chi connectivity index (χ2n) is 6.39. The minimum absolute atomic E-state index is 0.0367. The Labute approximate surface area is 156 Å². The Bertz CT molecular complexity index is 1070. The Morgan fingerprint density at radius 2 is 1.78 bits per heavy atom. The van der Waals surface area contributed by atoms with Crippen molar-refractivity contribution in [3.8, 4) is 5.82 Å². The fraction of sp³-hybridized carbons (Fsp3) is 0.143. The molecule has 0 aliphatic carbocycles. The van der Waals surface area contributed by atoms with Gasteiger partial charge in [-0.2, -0.15) is 0 Å². The summed E-state index contributed by atoms with van der Waals surface area (Å²) in [6, 6.07) is 15.7. The molecule has 1 amide bonds. The van der Waals surface area contributed by atoms with Crippen LogP contribution >= 0.6 is 0 Å². The molecule has 0 aliphatic heterocycles. The highest BCUT2D eigenvalue weighted by molar-refractivity contribution is 5.78. The van der Waals surface area contributed by atoms with Gasteiger partial charge in [0.25, 0.3) is 0 Å². The van der Waals surface area contributed by atoms with Gasteiger partial charge in [-0.15, -0.1) is 0 Å². The number of nitrogens with zero attached hydrogens (tertiary/aromatic N) is 4. The van der Waals surface area contributed by atoms with Crippen molar-refractivity contribution < 1.29 is 4.79 Å². The molecule has 134 valence electrons. The summed E-state index contributed by atoms with van der Waals surface area (Å²) in [5, 5.41) is 2.92. The number of amides is 1. The maximum absolute atomic E-state index is 12.1. The number of aromatic nitrogens is 4. The maximum Gasteiger partial charge on any atom is 0.224 e. The lowest BCUT2D eigenvalue weighted by atomic mass is 10.2. The molecule has 0 aliphatic rings. The first-order valence-corrected chi connectivity index (χ1v) is 8.75. The first kappa shape index (κ1) is 16.9. The van der Waals surface area contributed by atoms with Crippen LogP contribution in [-0.2, 0) is 17.8 Å². The fourth-order valence-corrected chi connectivity index (χ4v) is 2.86. The summed E-state index contributed by atoms with van der Waals surface area (Å²) in [4.78, 5) is 25.2. The van der Waals surface area contributed by atoms with Crippen LogP contribution in [-0.4, -0.2) is 25.4 Å². The molecule has 0 bridgehead atoms. The minimum Gasteiger partial charge on any atom is -0.352 e. The highest BCUT2D eigenvalue weighted by Crippen LogP contribution is 2.16. The smallest absolute Gasteiger partial charge is 0.224 e. The second-order valence-corrected chi connectivity index (χ2v) is 6.39. The molecule has 0 spiro atoms. The van der Waals surface area contributed by atoms with Crippen molar-refractivity contribution in [3.05, 3.63) is 84.1 Å². The Hall–Kier alpha value is -3.54. The molecule has 1 N–H and O–H groups in total. The van der Waals surface area contributed by atoms with E-state index in [1.807, 2.05) is 60.0 Å². The van der Waals surface area contributed by atoms with Gasteiger partial charge in [-0.25, -0.2) is 9.97 Å². The van der Waals surface area contributed by atoms with Crippen molar-refractivity contribution in [3.63, 3.8) is 0 Å². The lowest BCUT2D eigenvalue weighted by Crippen LogP contribution is -2.24. The van der Waals surface area contributed by atoms with Crippen molar-refractivity contribution in [1.82, 2.24) is 24.8 Å². The molecule has 0 saturated heterocycles. The third kappa shape index (κ3) is 3.84. The molecule has 0 unspecified atom stereocenters. The molecule has 0 atom stereocenters. The molecule has 0 radical (unpaired) electrons. The van der Waals surface area contributed by atoms with E-state index in [-0.39, 0.29) is 5.91 Å². The lowest BCUT2D eigenvalue weighted by Gasteiger charge is -2.07. The molecule has 6 nitrogen and oxygen atoms in total. The number of hydrogen-bond acceptors (Lipinski definition) is 4. The van der Waals surface area contributed by atoms with Gasteiger partial charge in [-0.3, -0.25) is 14.3 Å². The molecular weight excluding hydrogens is 338 g/mol. The van der Waals surface area contributed by atoms with E-state index in [1.165, 1.54) is 0 Å². The topological polar surface area (TPSA) is 72.7 Å². The Balaban J connectivity index is 1.39. The number of carbonyl (C=O) groups excluding carboxylic acids is 1. The van der Waals surface area contributed by atoms with Gasteiger partial charge in [-0.1, -0.05) is 24.3 Å². The molecule has 4 aromatic rings. The van der Waals surface area contributed by atoms with Crippen LogP contribution in [0, 0.1) is 6.92 Å². The average molecular weight is 357 g/mol. The van der Waals surface area contributed by atoms with Gasteiger partial charge in [0.1, 0.15) is 12.1 Å². The van der Waals surface area contributed by atoms with Crippen molar-refractivity contribution in [1.29, 1.82) is 0 Å². The molecule has 27 heavy (non-hydrogen) atoms. The molecule has 3 aromatic heterocycles. The Morgan fingerprint density at radius 1 is 0.963 bits per heavy atom. The van der Waals surface area contributed by atoms with Crippen LogP contribution < -0.4 is 5.32 Å². The number of aryl methyl sites for hydroxylation is 1. The molecule has 0 saturated carbocycles. The predicted molar refractivity (Wildman–Crippen MR) is 103 cm³/mol. The summed E-state index contributed by atoms with van der Waals surface area (Å²) in [5.74, 6) is 0.759. The minimum atomic E-state index is -0.0367. The number of imidazole rings is 1. The quantitative estimate of drug-likeness (QED) is 0.596. The van der Waals surface area contributed by atoms with Gasteiger partial charge in [0.15, 0.2) is 0 Å². The van der Waals surface area contributed by atoms with Crippen LogP contribution in [0.25, 0.3) is 16.9 Å². The van der Waals surface area contributed by atoms with Crippen LogP contribution in [0.1, 0.15) is 16.8 Å². The summed E-state index contributed by atoms with van der Waals surface area (Å²) in [7, 11) is 0. The summed E-state index contributed by atoms with van der Waals surface area (Å²) >= 11 is 0. The number of para-hydroxylation sites is 2. The van der Waals surface area contributed by atoms with Gasteiger partial charge in [0, 0.05) is 24.6 Å². The van der Waals surface area contributed by atoms with E-state index >= 15 is 0 Å². The number of benzene rings is 1. The highest BCUT2D eigenvalue weighted by Gasteiger charge is 2.06. The molecule has 0 fully saturated rings. The standard InChI is InChI=1S/C21H19N5O/c1-15-6-7-16(11-22-15)10-21(27)24-13-17-8-9-20(23-12-17)26-14-25-18-4-2-3-5-19(18)26/h2-9,11-12,14H,10,13H2,1H3,(H,24,27). The van der Waals surface area contributed by atoms with Gasteiger partial charge >= 0.3 is 0 Å². The van der Waals surface area contributed by atoms with Crippen LogP contribution in [0.2, 0.25) is 0 Å². The number of hydrogen-bond donors (Lipinski definition) is 1. The fourth-order valence-electron chi connectivity index (χ4n) is 2.86. The van der Waals surface area contributed by atoms with E-state index in [0.717, 1.165) is 33.7 Å². The first-order chi connectivity index (χ1) is 13.2. The monoisotopic (exact) mass is 357 g/mol. The van der Waals surface area contributed by atoms with E-state index in [0.29, 0.717) is 13.0 Å². The molecular formula is C21H19N5O. The van der Waals surface area contributed by atoms with Crippen molar-refractivity contribution in [2.45, 2.75) is 19.9 Å². The lowest BCUT2D eigenvalue weighted by molar-refractivity contribution is -0.120. The van der Waals surface area contributed by atoms with Crippen LogP contribution in [0.3, 0.4) is 0 Å². The maximum atomic E-state index is 12.1. The number of fused-ring (bicyclic) bond motifs is 1. The average Bonchev–Trinajstić information content (AvgIpc) is 3.13. The van der Waals surface area contributed by atoms with Gasteiger partial charge < -0.3 is 5.32 Å². The van der Waals surface area contributed by atoms with Gasteiger partial charge in [0.05, 0.1) is 17.5 Å². The summed E-state index contributed by atoms with van der Waals surface area (Å²) in [5.41, 5.74) is 4.73.